The van der Waals surface area contributed by atoms with Gasteiger partial charge in [0.15, 0.2) is 5.78 Å². The van der Waals surface area contributed by atoms with Crippen molar-refractivity contribution in [2.24, 2.45) is 0 Å². The summed E-state index contributed by atoms with van der Waals surface area (Å²) in [5.41, 5.74) is 2.12. The molecule has 2 heterocycles. The second-order valence-corrected chi connectivity index (χ2v) is 6.63. The molecule has 1 aliphatic heterocycles. The van der Waals surface area contributed by atoms with Gasteiger partial charge in [0.1, 0.15) is 11.1 Å². The highest BCUT2D eigenvalue weighted by Gasteiger charge is 2.26. The fourth-order valence-corrected chi connectivity index (χ4v) is 3.72. The Hall–Kier alpha value is -1.56. The summed E-state index contributed by atoms with van der Waals surface area (Å²) < 4.78 is 5.87. The molecule has 1 unspecified atom stereocenters. The molecule has 0 amide bonds. The molecule has 1 saturated heterocycles. The average molecular weight is 316 g/mol. The molecule has 0 bridgehead atoms. The highest BCUT2D eigenvalue weighted by Crippen LogP contribution is 2.29. The van der Waals surface area contributed by atoms with Crippen molar-refractivity contribution in [1.82, 2.24) is 9.88 Å². The van der Waals surface area contributed by atoms with Crippen molar-refractivity contribution in [2.45, 2.75) is 26.5 Å². The largest absolute Gasteiger partial charge is 0.368 e. The zero-order chi connectivity index (χ0) is 15.5. The van der Waals surface area contributed by atoms with E-state index < -0.39 is 0 Å². The van der Waals surface area contributed by atoms with Crippen LogP contribution in [0, 0.1) is 6.92 Å². The van der Waals surface area contributed by atoms with Crippen molar-refractivity contribution < 1.29 is 9.53 Å². The second kappa shape index (κ2) is 6.69. The van der Waals surface area contributed by atoms with E-state index >= 15 is 0 Å². The van der Waals surface area contributed by atoms with E-state index in [1.54, 1.807) is 6.92 Å². The minimum atomic E-state index is -0.0331. The van der Waals surface area contributed by atoms with Gasteiger partial charge in [0.25, 0.3) is 0 Å². The first-order valence-electron chi connectivity index (χ1n) is 7.49. The molecular formula is C17H20N2O2S. The Kier molecular flexibility index (Phi) is 4.66. The van der Waals surface area contributed by atoms with Gasteiger partial charge in [0.05, 0.1) is 17.2 Å². The van der Waals surface area contributed by atoms with Gasteiger partial charge in [-0.2, -0.15) is 0 Å². The maximum atomic E-state index is 11.6. The number of ether oxygens (including phenoxy) is 1. The van der Waals surface area contributed by atoms with E-state index in [4.69, 9.17) is 4.74 Å². The van der Waals surface area contributed by atoms with E-state index in [1.165, 1.54) is 16.9 Å². The van der Waals surface area contributed by atoms with Crippen LogP contribution in [0.25, 0.3) is 0 Å². The van der Waals surface area contributed by atoms with Crippen LogP contribution in [-0.4, -0.2) is 35.4 Å². The number of morpholine rings is 1. The molecule has 22 heavy (non-hydrogen) atoms. The monoisotopic (exact) mass is 316 g/mol. The van der Waals surface area contributed by atoms with Gasteiger partial charge in [-0.15, -0.1) is 11.3 Å². The molecule has 1 aromatic carbocycles. The SMILES string of the molecule is CC(=O)c1sc(C2CN(Cc3ccccc3)CCO2)nc1C. The minimum Gasteiger partial charge on any atom is -0.368 e. The molecule has 1 fully saturated rings. The molecule has 0 spiro atoms. The Labute approximate surface area is 134 Å². The van der Waals surface area contributed by atoms with E-state index in [1.807, 2.05) is 13.0 Å². The van der Waals surface area contributed by atoms with Crippen molar-refractivity contribution in [1.29, 1.82) is 0 Å². The summed E-state index contributed by atoms with van der Waals surface area (Å²) in [7, 11) is 0. The van der Waals surface area contributed by atoms with Crippen LogP contribution in [0.3, 0.4) is 0 Å². The van der Waals surface area contributed by atoms with Crippen molar-refractivity contribution in [3.8, 4) is 0 Å². The standard InChI is InChI=1S/C17H20N2O2S/c1-12-16(13(2)20)22-17(18-12)15-11-19(8-9-21-15)10-14-6-4-3-5-7-14/h3-7,15H,8-11H2,1-2H3. The smallest absolute Gasteiger partial charge is 0.171 e. The first-order valence-corrected chi connectivity index (χ1v) is 8.31. The lowest BCUT2D eigenvalue weighted by atomic mass is 10.2. The predicted octanol–water partition coefficient (Wildman–Crippen LogP) is 3.23. The highest BCUT2D eigenvalue weighted by atomic mass is 32.1. The lowest BCUT2D eigenvalue weighted by Gasteiger charge is -2.31. The normalized spacial score (nSPS) is 19.3. The van der Waals surface area contributed by atoms with Gasteiger partial charge in [0, 0.05) is 26.6 Å². The molecule has 3 rings (SSSR count). The van der Waals surface area contributed by atoms with E-state index in [-0.39, 0.29) is 11.9 Å². The van der Waals surface area contributed by atoms with E-state index in [0.717, 1.165) is 35.2 Å². The molecular weight excluding hydrogens is 296 g/mol. The Morgan fingerprint density at radius 1 is 1.41 bits per heavy atom. The summed E-state index contributed by atoms with van der Waals surface area (Å²) in [4.78, 5) is 19.3. The van der Waals surface area contributed by atoms with Gasteiger partial charge in [-0.05, 0) is 12.5 Å². The number of carbonyl (C=O) groups is 1. The molecule has 0 saturated carbocycles. The number of aromatic nitrogens is 1. The molecule has 0 radical (unpaired) electrons. The number of thiazole rings is 1. The summed E-state index contributed by atoms with van der Waals surface area (Å²) in [5, 5.41) is 0.917. The summed E-state index contributed by atoms with van der Waals surface area (Å²) in [6.07, 6.45) is -0.0331. The van der Waals surface area contributed by atoms with Gasteiger partial charge < -0.3 is 4.74 Å². The molecule has 2 aromatic rings. The van der Waals surface area contributed by atoms with Crippen LogP contribution >= 0.6 is 11.3 Å². The van der Waals surface area contributed by atoms with Crippen molar-refractivity contribution in [3.63, 3.8) is 0 Å². The molecule has 0 N–H and O–H groups in total. The third-order valence-corrected chi connectivity index (χ3v) is 5.16. The lowest BCUT2D eigenvalue weighted by Crippen LogP contribution is -2.37. The quantitative estimate of drug-likeness (QED) is 0.812. The molecule has 5 heteroatoms. The van der Waals surface area contributed by atoms with Crippen LogP contribution in [0.15, 0.2) is 30.3 Å². The minimum absolute atomic E-state index is 0.0331. The van der Waals surface area contributed by atoms with Gasteiger partial charge in [-0.25, -0.2) is 4.98 Å². The number of ketones is 1. The molecule has 1 aromatic heterocycles. The number of benzene rings is 1. The number of carbonyl (C=O) groups excluding carboxylic acids is 1. The number of hydrogen-bond acceptors (Lipinski definition) is 5. The van der Waals surface area contributed by atoms with Crippen LogP contribution in [0.5, 0.6) is 0 Å². The van der Waals surface area contributed by atoms with Crippen molar-refractivity contribution >= 4 is 17.1 Å². The van der Waals surface area contributed by atoms with Crippen LogP contribution in [-0.2, 0) is 11.3 Å². The van der Waals surface area contributed by atoms with E-state index in [9.17, 15) is 4.79 Å². The van der Waals surface area contributed by atoms with Crippen LogP contribution in [0.2, 0.25) is 0 Å². The Morgan fingerprint density at radius 3 is 2.86 bits per heavy atom. The molecule has 1 atom stereocenters. The van der Waals surface area contributed by atoms with Gasteiger partial charge in [-0.1, -0.05) is 30.3 Å². The lowest BCUT2D eigenvalue weighted by molar-refractivity contribution is -0.0330. The predicted molar refractivity (Wildman–Crippen MR) is 87.3 cm³/mol. The first kappa shape index (κ1) is 15.3. The van der Waals surface area contributed by atoms with E-state index in [2.05, 4.69) is 34.1 Å². The Morgan fingerprint density at radius 2 is 2.18 bits per heavy atom. The maximum Gasteiger partial charge on any atom is 0.171 e. The summed E-state index contributed by atoms with van der Waals surface area (Å²) in [5.74, 6) is 0.0817. The van der Waals surface area contributed by atoms with Gasteiger partial charge in [-0.3, -0.25) is 9.69 Å². The topological polar surface area (TPSA) is 42.4 Å². The Balaban J connectivity index is 1.70. The Bertz CT molecular complexity index is 654. The molecule has 0 aliphatic carbocycles. The van der Waals surface area contributed by atoms with Gasteiger partial charge in [0.2, 0.25) is 0 Å². The summed E-state index contributed by atoms with van der Waals surface area (Å²) in [6, 6.07) is 10.5. The van der Waals surface area contributed by atoms with Crippen LogP contribution in [0.1, 0.15) is 39.0 Å². The second-order valence-electron chi connectivity index (χ2n) is 5.60. The number of nitrogens with zero attached hydrogens (tertiary/aromatic N) is 2. The van der Waals surface area contributed by atoms with Crippen LogP contribution < -0.4 is 0 Å². The zero-order valence-corrected chi connectivity index (χ0v) is 13.7. The fraction of sp³-hybridized carbons (Fsp3) is 0.412. The number of aryl methyl sites for hydroxylation is 1. The summed E-state index contributed by atoms with van der Waals surface area (Å²) >= 11 is 1.47. The molecule has 4 nitrogen and oxygen atoms in total. The number of Topliss-reactive ketones (excluding diaryl/α,β-unsaturated/α-hetero) is 1. The summed E-state index contributed by atoms with van der Waals surface area (Å²) in [6.45, 7) is 6.85. The average Bonchev–Trinajstić information content (AvgIpc) is 2.91. The van der Waals surface area contributed by atoms with Crippen molar-refractivity contribution in [3.05, 3.63) is 51.5 Å². The zero-order valence-electron chi connectivity index (χ0n) is 12.9. The van der Waals surface area contributed by atoms with Crippen molar-refractivity contribution in [2.75, 3.05) is 19.7 Å². The fourth-order valence-electron chi connectivity index (χ4n) is 2.72. The molecule has 1 aliphatic rings. The highest BCUT2D eigenvalue weighted by molar-refractivity contribution is 7.13. The third-order valence-electron chi connectivity index (χ3n) is 3.81. The number of rotatable bonds is 4. The van der Waals surface area contributed by atoms with E-state index in [0.29, 0.717) is 6.61 Å². The third kappa shape index (κ3) is 3.43. The molecule has 116 valence electrons. The number of hydrogen-bond donors (Lipinski definition) is 0. The first-order chi connectivity index (χ1) is 10.6. The van der Waals surface area contributed by atoms with Gasteiger partial charge >= 0.3 is 0 Å². The van der Waals surface area contributed by atoms with Crippen LogP contribution in [0.4, 0.5) is 0 Å². The maximum absolute atomic E-state index is 11.6.